The lowest BCUT2D eigenvalue weighted by Gasteiger charge is -2.14. The van der Waals surface area contributed by atoms with Crippen molar-refractivity contribution in [2.75, 3.05) is 18.0 Å². The molecule has 2 aromatic heterocycles. The van der Waals surface area contributed by atoms with Gasteiger partial charge in [-0.2, -0.15) is 4.98 Å². The van der Waals surface area contributed by atoms with E-state index in [4.69, 9.17) is 20.5 Å². The summed E-state index contributed by atoms with van der Waals surface area (Å²) < 4.78 is 11.4. The largest absolute Gasteiger partial charge is 0.440 e. The van der Waals surface area contributed by atoms with Crippen LogP contribution in [0.3, 0.4) is 0 Å². The first-order chi connectivity index (χ1) is 16.1. The fourth-order valence-corrected chi connectivity index (χ4v) is 4.33. The Morgan fingerprint density at radius 2 is 2.06 bits per heavy atom. The summed E-state index contributed by atoms with van der Waals surface area (Å²) in [5.41, 5.74) is 2.52. The van der Waals surface area contributed by atoms with Crippen molar-refractivity contribution in [2.45, 2.75) is 17.9 Å². The van der Waals surface area contributed by atoms with Gasteiger partial charge in [0.1, 0.15) is 0 Å². The van der Waals surface area contributed by atoms with Crippen molar-refractivity contribution in [2.24, 2.45) is 0 Å². The first-order valence-electron chi connectivity index (χ1n) is 10.4. The highest BCUT2D eigenvalue weighted by Crippen LogP contribution is 2.33. The molecule has 1 N–H and O–H groups in total. The number of nitrogens with one attached hydrogen (secondary N) is 1. The zero-order valence-electron chi connectivity index (χ0n) is 17.7. The minimum absolute atomic E-state index is 0.0512. The van der Waals surface area contributed by atoms with Crippen LogP contribution in [0.15, 0.2) is 63.7 Å². The van der Waals surface area contributed by atoms with Crippen molar-refractivity contribution in [1.82, 2.24) is 20.4 Å². The topological polar surface area (TPSA) is 97.3 Å². The van der Waals surface area contributed by atoms with Crippen LogP contribution >= 0.6 is 23.4 Å². The molecule has 10 heteroatoms. The van der Waals surface area contributed by atoms with Crippen LogP contribution in [0.2, 0.25) is 5.02 Å². The van der Waals surface area contributed by atoms with Gasteiger partial charge >= 0.3 is 6.03 Å². The summed E-state index contributed by atoms with van der Waals surface area (Å²) in [5, 5.41) is 7.56. The number of hydrogen-bond donors (Lipinski definition) is 1. The molecule has 1 atom stereocenters. The number of amides is 2. The zero-order valence-corrected chi connectivity index (χ0v) is 19.3. The molecule has 2 aromatic carbocycles. The number of hydrogen-bond acceptors (Lipinski definition) is 7. The Bertz CT molecular complexity index is 1270. The zero-order chi connectivity index (χ0) is 22.8. The van der Waals surface area contributed by atoms with Crippen LogP contribution in [0.25, 0.3) is 22.7 Å². The van der Waals surface area contributed by atoms with E-state index in [0.717, 1.165) is 16.8 Å². The SMILES string of the molecule is CC(SCc1ncc(-c2ccc(Cl)cc2)o1)c1nc(-c2cccc(N3CCNC3=O)c2)no1. The van der Waals surface area contributed by atoms with Crippen molar-refractivity contribution in [3.05, 3.63) is 71.5 Å². The third-order valence-corrected chi connectivity index (χ3v) is 6.57. The molecule has 0 radical (unpaired) electrons. The summed E-state index contributed by atoms with van der Waals surface area (Å²) in [4.78, 5) is 22.6. The van der Waals surface area contributed by atoms with E-state index in [-0.39, 0.29) is 11.3 Å². The molecule has 1 saturated heterocycles. The molecular formula is C23H20ClN5O3S. The fourth-order valence-electron chi connectivity index (χ4n) is 3.44. The Labute approximate surface area is 199 Å². The molecule has 0 aliphatic carbocycles. The van der Waals surface area contributed by atoms with Crippen molar-refractivity contribution in [1.29, 1.82) is 0 Å². The molecule has 3 heterocycles. The number of benzene rings is 2. The molecule has 8 nitrogen and oxygen atoms in total. The maximum atomic E-state index is 11.9. The Morgan fingerprint density at radius 3 is 2.85 bits per heavy atom. The first kappa shape index (κ1) is 21.5. The Morgan fingerprint density at radius 1 is 1.21 bits per heavy atom. The molecule has 1 unspecified atom stereocenters. The number of carbonyl (C=O) groups is 1. The van der Waals surface area contributed by atoms with Gasteiger partial charge in [0.2, 0.25) is 17.6 Å². The van der Waals surface area contributed by atoms with Crippen molar-refractivity contribution >= 4 is 35.1 Å². The monoisotopic (exact) mass is 481 g/mol. The summed E-state index contributed by atoms with van der Waals surface area (Å²) in [6, 6.07) is 14.9. The Kier molecular flexibility index (Phi) is 6.06. The van der Waals surface area contributed by atoms with Crippen LogP contribution in [0.5, 0.6) is 0 Å². The second-order valence-electron chi connectivity index (χ2n) is 7.47. The van der Waals surface area contributed by atoms with Crippen molar-refractivity contribution in [3.8, 4) is 22.7 Å². The second-order valence-corrected chi connectivity index (χ2v) is 9.23. The molecule has 0 spiro atoms. The van der Waals surface area contributed by atoms with Crippen LogP contribution in [0, 0.1) is 0 Å². The maximum absolute atomic E-state index is 11.9. The van der Waals surface area contributed by atoms with Gasteiger partial charge in [-0.25, -0.2) is 9.78 Å². The average molecular weight is 482 g/mol. The Balaban J connectivity index is 1.23. The highest BCUT2D eigenvalue weighted by atomic mass is 35.5. The van der Waals surface area contributed by atoms with E-state index in [2.05, 4.69) is 20.4 Å². The maximum Gasteiger partial charge on any atom is 0.321 e. The number of urea groups is 1. The van der Waals surface area contributed by atoms with Crippen LogP contribution in [-0.4, -0.2) is 34.2 Å². The lowest BCUT2D eigenvalue weighted by atomic mass is 10.2. The average Bonchev–Trinajstić information content (AvgIpc) is 3.59. The van der Waals surface area contributed by atoms with E-state index in [9.17, 15) is 4.79 Å². The molecule has 1 fully saturated rings. The summed E-state index contributed by atoms with van der Waals surface area (Å²) in [7, 11) is 0. The number of thioether (sulfide) groups is 1. The molecule has 2 amide bonds. The van der Waals surface area contributed by atoms with E-state index >= 15 is 0 Å². The lowest BCUT2D eigenvalue weighted by Crippen LogP contribution is -2.27. The molecule has 5 rings (SSSR count). The molecule has 1 aliphatic rings. The summed E-state index contributed by atoms with van der Waals surface area (Å²) in [6.07, 6.45) is 1.71. The summed E-state index contributed by atoms with van der Waals surface area (Å²) in [5.74, 6) is 2.88. The minimum Gasteiger partial charge on any atom is -0.440 e. The van der Waals surface area contributed by atoms with Gasteiger partial charge in [-0.15, -0.1) is 11.8 Å². The number of anilines is 1. The number of aromatic nitrogens is 3. The van der Waals surface area contributed by atoms with Gasteiger partial charge in [0.25, 0.3) is 0 Å². The second kappa shape index (κ2) is 9.29. The third kappa shape index (κ3) is 4.74. The highest BCUT2D eigenvalue weighted by molar-refractivity contribution is 7.98. The predicted molar refractivity (Wildman–Crippen MR) is 127 cm³/mol. The quantitative estimate of drug-likeness (QED) is 0.368. The van der Waals surface area contributed by atoms with Crippen molar-refractivity contribution in [3.63, 3.8) is 0 Å². The highest BCUT2D eigenvalue weighted by Gasteiger charge is 2.22. The molecule has 1 aliphatic heterocycles. The van der Waals surface area contributed by atoms with Crippen LogP contribution < -0.4 is 10.2 Å². The lowest BCUT2D eigenvalue weighted by molar-refractivity contribution is 0.252. The van der Waals surface area contributed by atoms with Gasteiger partial charge in [-0.3, -0.25) is 4.90 Å². The molecule has 33 heavy (non-hydrogen) atoms. The number of rotatable bonds is 7. The number of halogens is 1. The minimum atomic E-state index is -0.100. The molecule has 0 saturated carbocycles. The van der Waals surface area contributed by atoms with E-state index in [1.807, 2.05) is 55.5 Å². The fraction of sp³-hybridized carbons (Fsp3) is 0.217. The van der Waals surface area contributed by atoms with E-state index in [0.29, 0.717) is 47.2 Å². The van der Waals surface area contributed by atoms with Gasteiger partial charge in [0.15, 0.2) is 5.76 Å². The number of oxazole rings is 1. The standard InChI is InChI=1S/C23H20ClN5O3S/c1-14(33-13-20-26-12-19(31-20)15-5-7-17(24)8-6-15)22-27-21(28-32-22)16-3-2-4-18(11-16)29-10-9-25-23(29)30/h2-8,11-12,14H,9-10,13H2,1H3,(H,25,30). The van der Waals surface area contributed by atoms with Crippen molar-refractivity contribution < 1.29 is 13.7 Å². The first-order valence-corrected chi connectivity index (χ1v) is 11.8. The van der Waals surface area contributed by atoms with Gasteiger partial charge in [-0.05, 0) is 43.3 Å². The number of nitrogens with zero attached hydrogens (tertiary/aromatic N) is 4. The molecule has 4 aromatic rings. The van der Waals surface area contributed by atoms with Gasteiger partial charge in [-0.1, -0.05) is 28.9 Å². The third-order valence-electron chi connectivity index (χ3n) is 5.20. The van der Waals surface area contributed by atoms with Gasteiger partial charge in [0, 0.05) is 34.9 Å². The van der Waals surface area contributed by atoms with Gasteiger partial charge in [0.05, 0.1) is 17.2 Å². The smallest absolute Gasteiger partial charge is 0.321 e. The van der Waals surface area contributed by atoms with E-state index in [1.54, 1.807) is 22.9 Å². The summed E-state index contributed by atoms with van der Waals surface area (Å²) >= 11 is 7.53. The van der Waals surface area contributed by atoms with Crippen LogP contribution in [0.4, 0.5) is 10.5 Å². The molecular weight excluding hydrogens is 462 g/mol. The van der Waals surface area contributed by atoms with Gasteiger partial charge < -0.3 is 14.3 Å². The van der Waals surface area contributed by atoms with E-state index in [1.165, 1.54) is 0 Å². The normalized spacial score (nSPS) is 14.5. The van der Waals surface area contributed by atoms with Crippen LogP contribution in [-0.2, 0) is 5.75 Å². The summed E-state index contributed by atoms with van der Waals surface area (Å²) in [6.45, 7) is 3.26. The Hall–Kier alpha value is -3.30. The predicted octanol–water partition coefficient (Wildman–Crippen LogP) is 5.57. The number of carbonyl (C=O) groups excluding carboxylic acids is 1. The molecule has 0 bridgehead atoms. The van der Waals surface area contributed by atoms with Crippen LogP contribution in [0.1, 0.15) is 24.0 Å². The van der Waals surface area contributed by atoms with E-state index < -0.39 is 0 Å². The molecule has 168 valence electrons.